The summed E-state index contributed by atoms with van der Waals surface area (Å²) in [5.41, 5.74) is 0.637. The molecule has 0 radical (unpaired) electrons. The first-order valence-corrected chi connectivity index (χ1v) is 4.54. The van der Waals surface area contributed by atoms with E-state index in [1.165, 1.54) is 0 Å². The summed E-state index contributed by atoms with van der Waals surface area (Å²) >= 11 is 0.955. The van der Waals surface area contributed by atoms with Crippen LogP contribution in [0, 0.1) is 0 Å². The number of aromatic nitrogens is 5. The number of hydrogen-bond donors (Lipinski definition) is 2. The van der Waals surface area contributed by atoms with Crippen LogP contribution in [0.4, 0.5) is 0 Å². The van der Waals surface area contributed by atoms with Gasteiger partial charge in [-0.3, -0.25) is 4.98 Å². The van der Waals surface area contributed by atoms with Gasteiger partial charge >= 0.3 is 0 Å². The molecular formula is C6H6N6O2S. The van der Waals surface area contributed by atoms with Crippen molar-refractivity contribution >= 4 is 12.0 Å². The van der Waals surface area contributed by atoms with Gasteiger partial charge in [-0.2, -0.15) is 5.90 Å². The summed E-state index contributed by atoms with van der Waals surface area (Å²) in [6, 6.07) is 3.51. The molecule has 2 aromatic rings. The lowest BCUT2D eigenvalue weighted by molar-refractivity contribution is -0.195. The summed E-state index contributed by atoms with van der Waals surface area (Å²) < 4.78 is 4.46. The fourth-order valence-electron chi connectivity index (χ4n) is 0.896. The molecule has 0 aliphatic heterocycles. The number of nitrogens with zero attached hydrogens (tertiary/aromatic N) is 4. The number of nitrogens with one attached hydrogen (secondary N) is 1. The van der Waals surface area contributed by atoms with E-state index < -0.39 is 0 Å². The van der Waals surface area contributed by atoms with Gasteiger partial charge < -0.3 is 0 Å². The standard InChI is InChI=1S/C6H6N6O2S/c7-13-14-15-4-1-2-5(8-3-4)6-9-11-12-10-6/h1-3H,7H2,(H,9,10,11,12). The van der Waals surface area contributed by atoms with E-state index in [0.717, 1.165) is 16.9 Å². The first-order chi connectivity index (χ1) is 7.40. The zero-order valence-electron chi connectivity index (χ0n) is 7.32. The average Bonchev–Trinajstić information content (AvgIpc) is 2.80. The molecule has 0 aromatic carbocycles. The van der Waals surface area contributed by atoms with Crippen molar-refractivity contribution in [2.45, 2.75) is 4.90 Å². The number of rotatable bonds is 4. The molecule has 0 saturated carbocycles. The van der Waals surface area contributed by atoms with E-state index in [0.29, 0.717) is 11.5 Å². The van der Waals surface area contributed by atoms with Crippen LogP contribution in [0.1, 0.15) is 0 Å². The number of H-pyrrole nitrogens is 1. The van der Waals surface area contributed by atoms with E-state index in [1.807, 2.05) is 0 Å². The topological polar surface area (TPSA) is 112 Å². The normalized spacial score (nSPS) is 10.5. The van der Waals surface area contributed by atoms with Gasteiger partial charge in [0.1, 0.15) is 5.69 Å². The molecule has 0 unspecified atom stereocenters. The molecule has 0 aliphatic carbocycles. The van der Waals surface area contributed by atoms with E-state index in [-0.39, 0.29) is 0 Å². The highest BCUT2D eigenvalue weighted by Gasteiger charge is 2.03. The number of hydrogen-bond acceptors (Lipinski definition) is 8. The lowest BCUT2D eigenvalue weighted by Gasteiger charge is -1.98. The fraction of sp³-hybridized carbons (Fsp3) is 0. The minimum absolute atomic E-state index is 0.502. The van der Waals surface area contributed by atoms with Gasteiger partial charge in [0.15, 0.2) is 5.82 Å². The van der Waals surface area contributed by atoms with Crippen LogP contribution >= 0.6 is 12.0 Å². The van der Waals surface area contributed by atoms with Crippen molar-refractivity contribution in [3.8, 4) is 11.5 Å². The van der Waals surface area contributed by atoms with Gasteiger partial charge in [-0.15, -0.1) is 14.4 Å². The molecule has 0 aliphatic rings. The highest BCUT2D eigenvalue weighted by atomic mass is 32.2. The van der Waals surface area contributed by atoms with Crippen molar-refractivity contribution < 1.29 is 9.32 Å². The van der Waals surface area contributed by atoms with Gasteiger partial charge in [-0.1, -0.05) is 0 Å². The van der Waals surface area contributed by atoms with E-state index in [2.05, 4.69) is 40.8 Å². The highest BCUT2D eigenvalue weighted by Crippen LogP contribution is 2.19. The second-order valence-corrected chi connectivity index (χ2v) is 3.15. The summed E-state index contributed by atoms with van der Waals surface area (Å²) in [6.45, 7) is 0. The monoisotopic (exact) mass is 226 g/mol. The Labute approximate surface area is 88.3 Å². The van der Waals surface area contributed by atoms with E-state index in [9.17, 15) is 0 Å². The molecule has 2 aromatic heterocycles. The summed E-state index contributed by atoms with van der Waals surface area (Å²) in [5, 5.41) is 13.2. The molecule has 78 valence electrons. The molecule has 3 N–H and O–H groups in total. The molecule has 0 saturated heterocycles. The zero-order valence-corrected chi connectivity index (χ0v) is 8.14. The Morgan fingerprint density at radius 1 is 1.40 bits per heavy atom. The first kappa shape index (κ1) is 9.98. The predicted octanol–water partition coefficient (Wildman–Crippen LogP) is 0.0907. The van der Waals surface area contributed by atoms with Crippen molar-refractivity contribution in [1.82, 2.24) is 25.6 Å². The Morgan fingerprint density at radius 3 is 2.93 bits per heavy atom. The van der Waals surface area contributed by atoms with E-state index in [1.54, 1.807) is 18.3 Å². The Hall–Kier alpha value is -1.55. The largest absolute Gasteiger partial charge is 0.252 e. The molecule has 8 nitrogen and oxygen atoms in total. The second-order valence-electron chi connectivity index (χ2n) is 2.38. The molecule has 15 heavy (non-hydrogen) atoms. The van der Waals surface area contributed by atoms with Gasteiger partial charge in [-0.05, 0) is 22.6 Å². The third-order valence-corrected chi connectivity index (χ3v) is 2.07. The quantitative estimate of drug-likeness (QED) is 0.428. The van der Waals surface area contributed by atoms with Gasteiger partial charge in [0, 0.05) is 6.20 Å². The molecule has 0 atom stereocenters. The summed E-state index contributed by atoms with van der Waals surface area (Å²) in [6.07, 6.45) is 1.58. The summed E-state index contributed by atoms with van der Waals surface area (Å²) in [5.74, 6) is 5.19. The smallest absolute Gasteiger partial charge is 0.198 e. The third-order valence-electron chi connectivity index (χ3n) is 1.49. The van der Waals surface area contributed by atoms with Crippen molar-refractivity contribution in [3.05, 3.63) is 18.3 Å². The number of pyridine rings is 1. The molecule has 0 bridgehead atoms. The lowest BCUT2D eigenvalue weighted by atomic mass is 10.3. The highest BCUT2D eigenvalue weighted by molar-refractivity contribution is 7.94. The van der Waals surface area contributed by atoms with Crippen LogP contribution in [0.3, 0.4) is 0 Å². The van der Waals surface area contributed by atoms with Crippen LogP contribution in [0.2, 0.25) is 0 Å². The Balaban J connectivity index is 2.11. The Bertz CT molecular complexity index is 404. The zero-order chi connectivity index (χ0) is 10.5. The maximum Gasteiger partial charge on any atom is 0.198 e. The van der Waals surface area contributed by atoms with Gasteiger partial charge in [0.2, 0.25) is 0 Å². The Morgan fingerprint density at radius 2 is 2.33 bits per heavy atom. The SMILES string of the molecule is NOOSc1ccc(-c2nnn[nH]2)nc1. The number of aromatic amines is 1. The molecule has 0 fully saturated rings. The van der Waals surface area contributed by atoms with Crippen LogP contribution in [-0.4, -0.2) is 25.6 Å². The molecular weight excluding hydrogens is 220 g/mol. The third kappa shape index (κ3) is 2.47. The van der Waals surface area contributed by atoms with Gasteiger partial charge in [0.05, 0.1) is 16.9 Å². The summed E-state index contributed by atoms with van der Waals surface area (Å²) in [7, 11) is 0. The van der Waals surface area contributed by atoms with Crippen molar-refractivity contribution in [1.29, 1.82) is 0 Å². The maximum absolute atomic E-state index is 4.69. The van der Waals surface area contributed by atoms with Gasteiger partial charge in [-0.25, -0.2) is 5.10 Å². The van der Waals surface area contributed by atoms with Crippen molar-refractivity contribution in [2.75, 3.05) is 0 Å². The van der Waals surface area contributed by atoms with E-state index >= 15 is 0 Å². The number of tetrazole rings is 1. The first-order valence-electron chi connectivity index (χ1n) is 3.80. The molecule has 2 heterocycles. The predicted molar refractivity (Wildman–Crippen MR) is 49.6 cm³/mol. The molecule has 2 rings (SSSR count). The molecule has 0 spiro atoms. The van der Waals surface area contributed by atoms with Crippen LogP contribution in [0.15, 0.2) is 23.2 Å². The fourth-order valence-corrected chi connectivity index (χ4v) is 1.23. The summed E-state index contributed by atoms with van der Waals surface area (Å²) in [4.78, 5) is 8.79. The average molecular weight is 226 g/mol. The second kappa shape index (κ2) is 4.79. The van der Waals surface area contributed by atoms with E-state index in [4.69, 9.17) is 0 Å². The maximum atomic E-state index is 4.69. The van der Waals surface area contributed by atoms with Crippen LogP contribution in [0.25, 0.3) is 11.5 Å². The van der Waals surface area contributed by atoms with Gasteiger partial charge in [0.25, 0.3) is 0 Å². The minimum Gasteiger partial charge on any atom is -0.252 e. The lowest BCUT2D eigenvalue weighted by Crippen LogP contribution is -1.94. The Kier molecular flexibility index (Phi) is 3.19. The molecule has 0 amide bonds. The minimum atomic E-state index is 0.502. The van der Waals surface area contributed by atoms with Crippen LogP contribution in [0.5, 0.6) is 0 Å². The van der Waals surface area contributed by atoms with Crippen LogP contribution in [-0.2, 0) is 9.32 Å². The van der Waals surface area contributed by atoms with Crippen molar-refractivity contribution in [2.24, 2.45) is 5.90 Å². The van der Waals surface area contributed by atoms with Crippen LogP contribution < -0.4 is 5.90 Å². The van der Waals surface area contributed by atoms with Crippen molar-refractivity contribution in [3.63, 3.8) is 0 Å². The number of nitrogens with two attached hydrogens (primary N) is 1. The molecule has 9 heteroatoms.